The second kappa shape index (κ2) is 6.34. The van der Waals surface area contributed by atoms with Crippen molar-refractivity contribution in [2.24, 2.45) is 0 Å². The number of amides is 1. The number of carbonyl (C=O) groups is 1. The maximum Gasteiger partial charge on any atom is 0.223 e. The molecule has 0 unspecified atom stereocenters. The fraction of sp³-hybridized carbons (Fsp3) is 0.529. The van der Waals surface area contributed by atoms with E-state index in [0.717, 1.165) is 36.6 Å². The maximum atomic E-state index is 12.5. The monoisotopic (exact) mass is 347 g/mol. The lowest BCUT2D eigenvalue weighted by atomic mass is 9.96. The molecule has 2 aromatic rings. The summed E-state index contributed by atoms with van der Waals surface area (Å²) in [6, 6.07) is 3.08. The van der Waals surface area contributed by atoms with Crippen LogP contribution in [0, 0.1) is 6.92 Å². The minimum Gasteiger partial charge on any atom is -0.332 e. The van der Waals surface area contributed by atoms with Gasteiger partial charge in [0.25, 0.3) is 0 Å². The standard InChI is InChI=1S/C17H21N3OS2/c1-12-18-14(11-23-12)9-20-16-4-6-19(8-13-5-7-22-10-13)15(16)2-3-17(20)21/h5,7,10-11,15-16H,2-4,6,8-9H2,1H3/t15-,16-/m1/s1. The van der Waals surface area contributed by atoms with Crippen molar-refractivity contribution in [3.63, 3.8) is 0 Å². The highest BCUT2D eigenvalue weighted by atomic mass is 32.1. The third-order valence-electron chi connectivity index (χ3n) is 4.96. The Hall–Kier alpha value is -1.24. The maximum absolute atomic E-state index is 12.5. The molecule has 0 bridgehead atoms. The van der Waals surface area contributed by atoms with Gasteiger partial charge in [-0.2, -0.15) is 11.3 Å². The van der Waals surface area contributed by atoms with Crippen molar-refractivity contribution < 1.29 is 4.79 Å². The van der Waals surface area contributed by atoms with E-state index in [-0.39, 0.29) is 0 Å². The number of likely N-dealkylation sites (tertiary alicyclic amines) is 2. The average molecular weight is 348 g/mol. The number of aromatic nitrogens is 1. The van der Waals surface area contributed by atoms with Gasteiger partial charge in [-0.05, 0) is 42.2 Å². The van der Waals surface area contributed by atoms with Crippen LogP contribution in [0.1, 0.15) is 35.5 Å². The van der Waals surface area contributed by atoms with Crippen molar-refractivity contribution >= 4 is 28.6 Å². The molecule has 2 aliphatic heterocycles. The first-order chi connectivity index (χ1) is 11.2. The fourth-order valence-corrected chi connectivity index (χ4v) is 5.18. The average Bonchev–Trinajstić information content (AvgIpc) is 3.25. The summed E-state index contributed by atoms with van der Waals surface area (Å²) in [6.07, 6.45) is 2.76. The molecule has 2 aromatic heterocycles. The van der Waals surface area contributed by atoms with Gasteiger partial charge >= 0.3 is 0 Å². The van der Waals surface area contributed by atoms with Gasteiger partial charge in [-0.25, -0.2) is 4.98 Å². The number of nitrogens with zero attached hydrogens (tertiary/aromatic N) is 3. The van der Waals surface area contributed by atoms with Gasteiger partial charge in [-0.15, -0.1) is 11.3 Å². The summed E-state index contributed by atoms with van der Waals surface area (Å²) >= 11 is 3.42. The predicted molar refractivity (Wildman–Crippen MR) is 93.6 cm³/mol. The van der Waals surface area contributed by atoms with Crippen LogP contribution in [-0.4, -0.2) is 39.3 Å². The van der Waals surface area contributed by atoms with Crippen LogP contribution in [0.5, 0.6) is 0 Å². The Morgan fingerprint density at radius 2 is 2.17 bits per heavy atom. The van der Waals surface area contributed by atoms with Crippen molar-refractivity contribution in [3.05, 3.63) is 38.5 Å². The SMILES string of the molecule is Cc1nc(CN2C(=O)CC[C@@H]3[C@H]2CCN3Cc2ccsc2)cs1. The second-order valence-corrected chi connectivity index (χ2v) is 8.29. The zero-order chi connectivity index (χ0) is 15.8. The van der Waals surface area contributed by atoms with E-state index < -0.39 is 0 Å². The fourth-order valence-electron chi connectivity index (χ4n) is 3.91. The van der Waals surface area contributed by atoms with Gasteiger partial charge in [0, 0.05) is 37.0 Å². The highest BCUT2D eigenvalue weighted by molar-refractivity contribution is 7.09. The van der Waals surface area contributed by atoms with E-state index in [2.05, 4.69) is 37.0 Å². The van der Waals surface area contributed by atoms with Crippen LogP contribution in [0.3, 0.4) is 0 Å². The van der Waals surface area contributed by atoms with Gasteiger partial charge < -0.3 is 4.90 Å². The van der Waals surface area contributed by atoms with Crippen LogP contribution in [-0.2, 0) is 17.9 Å². The summed E-state index contributed by atoms with van der Waals surface area (Å²) in [5.41, 5.74) is 2.44. The van der Waals surface area contributed by atoms with Gasteiger partial charge in [-0.1, -0.05) is 0 Å². The quantitative estimate of drug-likeness (QED) is 0.852. The molecule has 0 aromatic carbocycles. The number of carbonyl (C=O) groups excluding carboxylic acids is 1. The number of rotatable bonds is 4. The topological polar surface area (TPSA) is 36.4 Å². The Labute approximate surface area is 144 Å². The van der Waals surface area contributed by atoms with Gasteiger partial charge in [0.2, 0.25) is 5.91 Å². The molecule has 0 saturated carbocycles. The van der Waals surface area contributed by atoms with Gasteiger partial charge in [0.05, 0.1) is 17.2 Å². The number of aryl methyl sites for hydroxylation is 1. The molecular weight excluding hydrogens is 326 g/mol. The largest absolute Gasteiger partial charge is 0.332 e. The number of thiazole rings is 1. The Kier molecular flexibility index (Phi) is 4.22. The van der Waals surface area contributed by atoms with Crippen molar-refractivity contribution in [1.82, 2.24) is 14.8 Å². The van der Waals surface area contributed by atoms with Crippen LogP contribution in [0.2, 0.25) is 0 Å². The Morgan fingerprint density at radius 3 is 2.91 bits per heavy atom. The molecule has 4 nitrogen and oxygen atoms in total. The summed E-state index contributed by atoms with van der Waals surface area (Å²) in [6.45, 7) is 4.80. The first kappa shape index (κ1) is 15.3. The molecule has 0 spiro atoms. The molecular formula is C17H21N3OS2. The lowest BCUT2D eigenvalue weighted by Crippen LogP contribution is -2.51. The third-order valence-corrected chi connectivity index (χ3v) is 6.52. The summed E-state index contributed by atoms with van der Waals surface area (Å²) in [4.78, 5) is 21.7. The number of hydrogen-bond donors (Lipinski definition) is 0. The molecule has 4 heterocycles. The zero-order valence-corrected chi connectivity index (χ0v) is 14.9. The smallest absolute Gasteiger partial charge is 0.223 e. The molecule has 4 rings (SSSR count). The van der Waals surface area contributed by atoms with Crippen molar-refractivity contribution in [3.8, 4) is 0 Å². The number of fused-ring (bicyclic) bond motifs is 1. The first-order valence-corrected chi connectivity index (χ1v) is 9.98. The van der Waals surface area contributed by atoms with Crippen LogP contribution in [0.15, 0.2) is 22.2 Å². The van der Waals surface area contributed by atoms with Crippen LogP contribution in [0.25, 0.3) is 0 Å². The molecule has 6 heteroatoms. The van der Waals surface area contributed by atoms with Crippen LogP contribution < -0.4 is 0 Å². The number of piperidine rings is 1. The third kappa shape index (κ3) is 3.07. The Bertz CT molecular complexity index is 682. The van der Waals surface area contributed by atoms with E-state index in [0.29, 0.717) is 31.0 Å². The summed E-state index contributed by atoms with van der Waals surface area (Å²) in [5, 5.41) is 7.54. The molecule has 2 atom stereocenters. The predicted octanol–water partition coefficient (Wildman–Crippen LogP) is 3.28. The first-order valence-electron chi connectivity index (χ1n) is 8.16. The van der Waals surface area contributed by atoms with Crippen molar-refractivity contribution in [2.45, 2.75) is 51.4 Å². The second-order valence-electron chi connectivity index (χ2n) is 6.44. The van der Waals surface area contributed by atoms with E-state index in [4.69, 9.17) is 0 Å². The van der Waals surface area contributed by atoms with Crippen LogP contribution >= 0.6 is 22.7 Å². The molecule has 0 N–H and O–H groups in total. The van der Waals surface area contributed by atoms with Crippen molar-refractivity contribution in [1.29, 1.82) is 0 Å². The highest BCUT2D eigenvalue weighted by Gasteiger charge is 2.42. The molecule has 122 valence electrons. The minimum absolute atomic E-state index is 0.300. The van der Waals surface area contributed by atoms with Gasteiger partial charge in [0.15, 0.2) is 0 Å². The van der Waals surface area contributed by atoms with Crippen molar-refractivity contribution in [2.75, 3.05) is 6.54 Å². The number of hydrogen-bond acceptors (Lipinski definition) is 5. The summed E-state index contributed by atoms with van der Waals surface area (Å²) < 4.78 is 0. The molecule has 2 saturated heterocycles. The van der Waals surface area contributed by atoms with E-state index in [1.807, 2.05) is 6.92 Å². The molecule has 1 amide bonds. The molecule has 2 fully saturated rings. The zero-order valence-electron chi connectivity index (χ0n) is 13.3. The van der Waals surface area contributed by atoms with Gasteiger partial charge in [0.1, 0.15) is 0 Å². The number of thiophene rings is 1. The van der Waals surface area contributed by atoms with E-state index in [1.54, 1.807) is 22.7 Å². The van der Waals surface area contributed by atoms with Crippen LogP contribution in [0.4, 0.5) is 0 Å². The molecule has 0 aliphatic carbocycles. The van der Waals surface area contributed by atoms with E-state index in [1.165, 1.54) is 5.56 Å². The molecule has 2 aliphatic rings. The van der Waals surface area contributed by atoms with E-state index >= 15 is 0 Å². The highest BCUT2D eigenvalue weighted by Crippen LogP contribution is 2.33. The Balaban J connectivity index is 1.49. The van der Waals surface area contributed by atoms with Gasteiger partial charge in [-0.3, -0.25) is 9.69 Å². The molecule has 23 heavy (non-hydrogen) atoms. The Morgan fingerprint density at radius 1 is 1.26 bits per heavy atom. The summed E-state index contributed by atoms with van der Waals surface area (Å²) in [5.74, 6) is 0.300. The lowest BCUT2D eigenvalue weighted by molar-refractivity contribution is -0.138. The minimum atomic E-state index is 0.300. The summed E-state index contributed by atoms with van der Waals surface area (Å²) in [7, 11) is 0. The lowest BCUT2D eigenvalue weighted by Gasteiger charge is -2.39. The normalized spacial score (nSPS) is 25.1. The van der Waals surface area contributed by atoms with E-state index in [9.17, 15) is 4.79 Å². The molecule has 0 radical (unpaired) electrons.